The smallest absolute Gasteiger partial charge is 0.124 e. The van der Waals surface area contributed by atoms with Crippen LogP contribution in [-0.2, 0) is 4.84 Å². The minimum atomic E-state index is 0.112. The third-order valence-electron chi connectivity index (χ3n) is 4.06. The highest BCUT2D eigenvalue weighted by Crippen LogP contribution is 2.34. The van der Waals surface area contributed by atoms with Crippen molar-refractivity contribution in [1.82, 2.24) is 0 Å². The Hall–Kier alpha value is -2.32. The van der Waals surface area contributed by atoms with Gasteiger partial charge in [-0.2, -0.15) is 5.90 Å². The molecule has 0 bridgehead atoms. The van der Waals surface area contributed by atoms with Gasteiger partial charge in [-0.3, -0.25) is 0 Å². The van der Waals surface area contributed by atoms with E-state index in [1.165, 1.54) is 11.1 Å². The Kier molecular flexibility index (Phi) is 16.8. The summed E-state index contributed by atoms with van der Waals surface area (Å²) in [6, 6.07) is 10.4. The SMILES string of the molecule is C=C/C=C(\C=C)C(/C(C)=C/C(=C(\C)ON)C(C)C)c1ccccc1.CC.CC. The molecule has 0 aromatic heterocycles. The van der Waals surface area contributed by atoms with Gasteiger partial charge >= 0.3 is 0 Å². The minimum Gasteiger partial charge on any atom is -0.416 e. The Morgan fingerprint density at radius 3 is 1.93 bits per heavy atom. The van der Waals surface area contributed by atoms with Gasteiger partial charge in [-0.05, 0) is 36.5 Å². The average molecular weight is 384 g/mol. The van der Waals surface area contributed by atoms with E-state index in [0.29, 0.717) is 5.92 Å². The summed E-state index contributed by atoms with van der Waals surface area (Å²) >= 11 is 0. The first kappa shape index (κ1) is 27.9. The monoisotopic (exact) mass is 383 g/mol. The Labute approximate surface area is 174 Å². The molecule has 1 aromatic rings. The van der Waals surface area contributed by atoms with E-state index in [1.54, 1.807) is 6.08 Å². The zero-order valence-corrected chi connectivity index (χ0v) is 19.3. The fourth-order valence-corrected chi connectivity index (χ4v) is 2.85. The van der Waals surface area contributed by atoms with Crippen molar-refractivity contribution in [2.24, 2.45) is 11.8 Å². The van der Waals surface area contributed by atoms with E-state index < -0.39 is 0 Å². The third kappa shape index (κ3) is 9.05. The second-order valence-electron chi connectivity index (χ2n) is 6.12. The number of benzene rings is 1. The lowest BCUT2D eigenvalue weighted by molar-refractivity contribution is 0.217. The highest BCUT2D eigenvalue weighted by atomic mass is 16.6. The molecule has 1 rings (SSSR count). The summed E-state index contributed by atoms with van der Waals surface area (Å²) in [5, 5.41) is 0. The second kappa shape index (κ2) is 16.8. The maximum absolute atomic E-state index is 5.38. The predicted octanol–water partition coefficient (Wildman–Crippen LogP) is 7.89. The highest BCUT2D eigenvalue weighted by Gasteiger charge is 2.18. The lowest BCUT2D eigenvalue weighted by atomic mass is 9.83. The first-order valence-electron chi connectivity index (χ1n) is 10.2. The van der Waals surface area contributed by atoms with Crippen molar-refractivity contribution < 1.29 is 4.84 Å². The van der Waals surface area contributed by atoms with E-state index in [9.17, 15) is 0 Å². The predicted molar refractivity (Wildman–Crippen MR) is 127 cm³/mol. The van der Waals surface area contributed by atoms with Gasteiger partial charge in [-0.25, -0.2) is 0 Å². The molecule has 1 atom stereocenters. The summed E-state index contributed by atoms with van der Waals surface area (Å²) in [6.45, 7) is 24.1. The van der Waals surface area contributed by atoms with E-state index in [2.05, 4.69) is 64.3 Å². The van der Waals surface area contributed by atoms with Crippen LogP contribution >= 0.6 is 0 Å². The zero-order chi connectivity index (χ0) is 22.1. The topological polar surface area (TPSA) is 35.2 Å². The Morgan fingerprint density at radius 2 is 1.54 bits per heavy atom. The van der Waals surface area contributed by atoms with Crippen molar-refractivity contribution in [3.63, 3.8) is 0 Å². The molecule has 0 saturated heterocycles. The van der Waals surface area contributed by atoms with Crippen molar-refractivity contribution in [1.29, 1.82) is 0 Å². The summed E-state index contributed by atoms with van der Waals surface area (Å²) in [6.07, 6.45) is 7.87. The molecule has 2 N–H and O–H groups in total. The molecule has 2 nitrogen and oxygen atoms in total. The molecule has 0 fully saturated rings. The molecule has 0 aliphatic heterocycles. The van der Waals surface area contributed by atoms with Crippen molar-refractivity contribution in [3.05, 3.63) is 95.8 Å². The second-order valence-corrected chi connectivity index (χ2v) is 6.12. The molecule has 0 aliphatic rings. The van der Waals surface area contributed by atoms with Gasteiger partial charge in [-0.1, -0.05) is 115 Å². The van der Waals surface area contributed by atoms with Gasteiger partial charge in [-0.15, -0.1) is 0 Å². The Bertz CT molecular complexity index is 648. The number of allylic oxidation sites excluding steroid dienone is 8. The van der Waals surface area contributed by atoms with Crippen molar-refractivity contribution in [3.8, 4) is 0 Å². The summed E-state index contributed by atoms with van der Waals surface area (Å²) in [7, 11) is 0. The van der Waals surface area contributed by atoms with Crippen LogP contribution in [0, 0.1) is 5.92 Å². The molecule has 1 aromatic carbocycles. The van der Waals surface area contributed by atoms with Gasteiger partial charge < -0.3 is 4.84 Å². The molecule has 0 saturated carbocycles. The van der Waals surface area contributed by atoms with Crippen LogP contribution in [0.4, 0.5) is 0 Å². The van der Waals surface area contributed by atoms with Gasteiger partial charge in [0.2, 0.25) is 0 Å². The third-order valence-corrected chi connectivity index (χ3v) is 4.06. The van der Waals surface area contributed by atoms with E-state index in [1.807, 2.05) is 52.8 Å². The van der Waals surface area contributed by atoms with E-state index >= 15 is 0 Å². The molecular formula is C26H41NO. The summed E-state index contributed by atoms with van der Waals surface area (Å²) in [5.74, 6) is 6.55. The number of rotatable bonds is 8. The minimum absolute atomic E-state index is 0.112. The van der Waals surface area contributed by atoms with Gasteiger partial charge in [0.1, 0.15) is 5.76 Å². The van der Waals surface area contributed by atoms with E-state index in [0.717, 1.165) is 16.9 Å². The molecule has 28 heavy (non-hydrogen) atoms. The fourth-order valence-electron chi connectivity index (χ4n) is 2.85. The van der Waals surface area contributed by atoms with E-state index in [4.69, 9.17) is 10.7 Å². The van der Waals surface area contributed by atoms with E-state index in [-0.39, 0.29) is 5.92 Å². The first-order valence-corrected chi connectivity index (χ1v) is 10.2. The molecule has 0 aliphatic carbocycles. The fraction of sp³-hybridized carbons (Fsp3) is 0.385. The summed E-state index contributed by atoms with van der Waals surface area (Å²) < 4.78 is 0. The van der Waals surface area contributed by atoms with Crippen LogP contribution < -0.4 is 5.90 Å². The standard InChI is InChI=1S/C22H29NO.2C2H6/c1-7-12-19(8-2)22(20-13-10-9-11-14-20)17(5)15-21(16(3)4)18(6)24-23;2*1-2/h7-16,22H,1-2,23H2,3-6H3;2*1-2H3/b17-15+,19-12+,21-18-;;. The number of hydrogen-bond donors (Lipinski definition) is 1. The Morgan fingerprint density at radius 1 is 1.00 bits per heavy atom. The van der Waals surface area contributed by atoms with Crippen LogP contribution in [0.1, 0.15) is 66.9 Å². The Balaban J connectivity index is 0. The normalized spacial score (nSPS) is 13.2. The summed E-state index contributed by atoms with van der Waals surface area (Å²) in [5.41, 5.74) is 4.63. The van der Waals surface area contributed by atoms with Crippen LogP contribution in [0.25, 0.3) is 0 Å². The molecule has 0 heterocycles. The van der Waals surface area contributed by atoms with Crippen LogP contribution in [-0.4, -0.2) is 0 Å². The maximum Gasteiger partial charge on any atom is 0.124 e. The van der Waals surface area contributed by atoms with Crippen molar-refractivity contribution in [2.75, 3.05) is 0 Å². The van der Waals surface area contributed by atoms with Crippen LogP contribution in [0.5, 0.6) is 0 Å². The van der Waals surface area contributed by atoms with Crippen LogP contribution in [0.2, 0.25) is 0 Å². The average Bonchev–Trinajstić information content (AvgIpc) is 2.74. The first-order chi connectivity index (χ1) is 13.5. The molecule has 0 amide bonds. The zero-order valence-electron chi connectivity index (χ0n) is 19.3. The van der Waals surface area contributed by atoms with Crippen molar-refractivity contribution in [2.45, 2.75) is 61.3 Å². The van der Waals surface area contributed by atoms with Gasteiger partial charge in [0.25, 0.3) is 0 Å². The molecule has 2 heteroatoms. The van der Waals surface area contributed by atoms with Crippen LogP contribution in [0.15, 0.2) is 90.3 Å². The molecule has 0 spiro atoms. The largest absolute Gasteiger partial charge is 0.416 e. The van der Waals surface area contributed by atoms with Crippen molar-refractivity contribution >= 4 is 0 Å². The molecular weight excluding hydrogens is 342 g/mol. The quantitative estimate of drug-likeness (QED) is 0.281. The molecule has 156 valence electrons. The van der Waals surface area contributed by atoms with Crippen LogP contribution in [0.3, 0.4) is 0 Å². The van der Waals surface area contributed by atoms with Gasteiger partial charge in [0.15, 0.2) is 0 Å². The van der Waals surface area contributed by atoms with Gasteiger partial charge in [0, 0.05) is 5.92 Å². The lowest BCUT2D eigenvalue weighted by Gasteiger charge is -2.22. The number of hydrogen-bond acceptors (Lipinski definition) is 2. The lowest BCUT2D eigenvalue weighted by Crippen LogP contribution is -2.07. The maximum atomic E-state index is 5.38. The van der Waals surface area contributed by atoms with Gasteiger partial charge in [0.05, 0.1) is 0 Å². The summed E-state index contributed by atoms with van der Waals surface area (Å²) in [4.78, 5) is 4.98. The molecule has 1 unspecified atom stereocenters. The molecule has 0 radical (unpaired) electrons. The highest BCUT2D eigenvalue weighted by molar-refractivity contribution is 5.45. The number of nitrogens with two attached hydrogens (primary N) is 1.